The SMILES string of the molecule is CCC1CCCN(c2nccc(C(=N)N)c2Cl)CC1. The Morgan fingerprint density at radius 3 is 3.00 bits per heavy atom. The van der Waals surface area contributed by atoms with E-state index >= 15 is 0 Å². The second kappa shape index (κ2) is 6.24. The molecule has 1 aliphatic heterocycles. The number of aromatic nitrogens is 1. The molecule has 1 unspecified atom stereocenters. The van der Waals surface area contributed by atoms with Crippen molar-refractivity contribution >= 4 is 23.3 Å². The van der Waals surface area contributed by atoms with Gasteiger partial charge in [-0.15, -0.1) is 0 Å². The normalized spacial score (nSPS) is 20.1. The number of rotatable bonds is 3. The van der Waals surface area contributed by atoms with Crippen LogP contribution in [0.15, 0.2) is 12.3 Å². The Bertz CT molecular complexity index is 461. The molecule has 0 amide bonds. The molecule has 4 nitrogen and oxygen atoms in total. The molecule has 0 aliphatic carbocycles. The lowest BCUT2D eigenvalue weighted by atomic mass is 9.98. The molecule has 1 aliphatic rings. The lowest BCUT2D eigenvalue weighted by molar-refractivity contribution is 0.459. The second-order valence-electron chi connectivity index (χ2n) is 5.10. The van der Waals surface area contributed by atoms with E-state index < -0.39 is 0 Å². The van der Waals surface area contributed by atoms with Crippen LogP contribution in [-0.2, 0) is 0 Å². The molecule has 1 aromatic rings. The number of pyridine rings is 1. The van der Waals surface area contributed by atoms with E-state index in [2.05, 4.69) is 16.8 Å². The maximum Gasteiger partial charge on any atom is 0.148 e. The fraction of sp³-hybridized carbons (Fsp3) is 0.571. The van der Waals surface area contributed by atoms with Crippen LogP contribution in [0, 0.1) is 11.3 Å². The van der Waals surface area contributed by atoms with Gasteiger partial charge in [0.05, 0.1) is 5.02 Å². The highest BCUT2D eigenvalue weighted by Crippen LogP contribution is 2.30. The van der Waals surface area contributed by atoms with Gasteiger partial charge in [-0.25, -0.2) is 4.98 Å². The smallest absolute Gasteiger partial charge is 0.148 e. The van der Waals surface area contributed by atoms with Crippen LogP contribution >= 0.6 is 11.6 Å². The van der Waals surface area contributed by atoms with Gasteiger partial charge in [-0.2, -0.15) is 0 Å². The standard InChI is InChI=1S/C14H21ClN4/c1-2-10-4-3-8-19(9-6-10)14-12(15)11(13(16)17)5-7-18-14/h5,7,10H,2-4,6,8-9H2,1H3,(H3,16,17). The third-order valence-electron chi connectivity index (χ3n) is 3.89. The van der Waals surface area contributed by atoms with Gasteiger partial charge in [0, 0.05) is 24.8 Å². The molecule has 0 saturated carbocycles. The molecular weight excluding hydrogens is 260 g/mol. The topological polar surface area (TPSA) is 66.0 Å². The molecule has 0 spiro atoms. The molecule has 0 aromatic carbocycles. The Morgan fingerprint density at radius 1 is 1.53 bits per heavy atom. The summed E-state index contributed by atoms with van der Waals surface area (Å²) in [6, 6.07) is 1.70. The van der Waals surface area contributed by atoms with Crippen LogP contribution in [0.4, 0.5) is 5.82 Å². The molecule has 104 valence electrons. The van der Waals surface area contributed by atoms with E-state index in [-0.39, 0.29) is 5.84 Å². The molecule has 0 radical (unpaired) electrons. The van der Waals surface area contributed by atoms with E-state index in [1.54, 1.807) is 12.3 Å². The minimum Gasteiger partial charge on any atom is -0.384 e. The van der Waals surface area contributed by atoms with Gasteiger partial charge >= 0.3 is 0 Å². The van der Waals surface area contributed by atoms with Gasteiger partial charge in [0.25, 0.3) is 0 Å². The molecule has 2 rings (SSSR count). The number of amidine groups is 1. The van der Waals surface area contributed by atoms with Crippen LogP contribution in [0.25, 0.3) is 0 Å². The van der Waals surface area contributed by atoms with Crippen molar-refractivity contribution in [3.05, 3.63) is 22.8 Å². The van der Waals surface area contributed by atoms with Crippen molar-refractivity contribution < 1.29 is 0 Å². The monoisotopic (exact) mass is 280 g/mol. The third-order valence-corrected chi connectivity index (χ3v) is 4.26. The molecule has 1 atom stereocenters. The number of halogens is 1. The zero-order chi connectivity index (χ0) is 13.8. The van der Waals surface area contributed by atoms with E-state index in [9.17, 15) is 0 Å². The number of nitrogen functional groups attached to an aromatic ring is 1. The van der Waals surface area contributed by atoms with E-state index in [1.807, 2.05) is 0 Å². The predicted octanol–water partition coefficient (Wildman–Crippen LogP) is 3.04. The van der Waals surface area contributed by atoms with Crippen LogP contribution in [0.3, 0.4) is 0 Å². The lowest BCUT2D eigenvalue weighted by Crippen LogP contribution is -2.26. The summed E-state index contributed by atoms with van der Waals surface area (Å²) in [6.07, 6.45) is 6.54. The zero-order valence-corrected chi connectivity index (χ0v) is 12.1. The molecule has 1 fully saturated rings. The van der Waals surface area contributed by atoms with E-state index in [0.29, 0.717) is 10.6 Å². The maximum absolute atomic E-state index is 7.54. The highest BCUT2D eigenvalue weighted by atomic mass is 35.5. The van der Waals surface area contributed by atoms with E-state index in [1.165, 1.54) is 25.7 Å². The Labute approximate surface area is 119 Å². The van der Waals surface area contributed by atoms with Gasteiger partial charge in [-0.3, -0.25) is 5.41 Å². The minimum atomic E-state index is -0.00472. The molecule has 3 N–H and O–H groups in total. The van der Waals surface area contributed by atoms with Crippen LogP contribution in [0.5, 0.6) is 0 Å². The first-order chi connectivity index (χ1) is 9.13. The third kappa shape index (κ3) is 3.18. The van der Waals surface area contributed by atoms with Crippen molar-refractivity contribution in [2.45, 2.75) is 32.6 Å². The van der Waals surface area contributed by atoms with Crippen molar-refractivity contribution in [3.63, 3.8) is 0 Å². The molecule has 1 saturated heterocycles. The maximum atomic E-state index is 7.54. The Hall–Kier alpha value is -1.29. The van der Waals surface area contributed by atoms with Crippen molar-refractivity contribution in [3.8, 4) is 0 Å². The second-order valence-corrected chi connectivity index (χ2v) is 5.48. The van der Waals surface area contributed by atoms with Crippen LogP contribution < -0.4 is 10.6 Å². The quantitative estimate of drug-likeness (QED) is 0.661. The van der Waals surface area contributed by atoms with E-state index in [4.69, 9.17) is 22.7 Å². The van der Waals surface area contributed by atoms with Crippen molar-refractivity contribution in [1.82, 2.24) is 4.98 Å². The molecule has 2 heterocycles. The van der Waals surface area contributed by atoms with Gasteiger partial charge in [-0.05, 0) is 31.2 Å². The van der Waals surface area contributed by atoms with Gasteiger partial charge in [0.1, 0.15) is 11.7 Å². The number of nitrogens with zero attached hydrogens (tertiary/aromatic N) is 2. The first-order valence-electron chi connectivity index (χ1n) is 6.87. The Morgan fingerprint density at radius 2 is 2.32 bits per heavy atom. The first kappa shape index (κ1) is 14.1. The fourth-order valence-corrected chi connectivity index (χ4v) is 2.98. The summed E-state index contributed by atoms with van der Waals surface area (Å²) >= 11 is 6.34. The molecule has 5 heteroatoms. The van der Waals surface area contributed by atoms with Crippen molar-refractivity contribution in [2.24, 2.45) is 11.7 Å². The summed E-state index contributed by atoms with van der Waals surface area (Å²) in [5.41, 5.74) is 6.11. The lowest BCUT2D eigenvalue weighted by Gasteiger charge is -2.23. The Balaban J connectivity index is 2.22. The summed E-state index contributed by atoms with van der Waals surface area (Å²) < 4.78 is 0. The summed E-state index contributed by atoms with van der Waals surface area (Å²) in [5.74, 6) is 1.57. The summed E-state index contributed by atoms with van der Waals surface area (Å²) in [5, 5.41) is 8.04. The molecule has 1 aromatic heterocycles. The summed E-state index contributed by atoms with van der Waals surface area (Å²) in [7, 11) is 0. The molecular formula is C14H21ClN4. The number of nitrogens with two attached hydrogens (primary N) is 1. The first-order valence-corrected chi connectivity index (χ1v) is 7.25. The highest BCUT2D eigenvalue weighted by Gasteiger charge is 2.20. The number of anilines is 1. The Kier molecular flexibility index (Phi) is 4.64. The average Bonchev–Trinajstić information content (AvgIpc) is 2.64. The number of nitrogens with one attached hydrogen (secondary N) is 1. The number of hydrogen-bond donors (Lipinski definition) is 2. The van der Waals surface area contributed by atoms with Crippen LogP contribution in [0.1, 0.15) is 38.2 Å². The summed E-state index contributed by atoms with van der Waals surface area (Å²) in [4.78, 5) is 6.61. The zero-order valence-electron chi connectivity index (χ0n) is 11.3. The van der Waals surface area contributed by atoms with Crippen molar-refractivity contribution in [1.29, 1.82) is 5.41 Å². The number of hydrogen-bond acceptors (Lipinski definition) is 3. The molecule has 0 bridgehead atoms. The van der Waals surface area contributed by atoms with Gasteiger partial charge in [-0.1, -0.05) is 24.9 Å². The average molecular weight is 281 g/mol. The van der Waals surface area contributed by atoms with Crippen LogP contribution in [-0.4, -0.2) is 23.9 Å². The van der Waals surface area contributed by atoms with E-state index in [0.717, 1.165) is 24.8 Å². The van der Waals surface area contributed by atoms with Crippen molar-refractivity contribution in [2.75, 3.05) is 18.0 Å². The predicted molar refractivity (Wildman–Crippen MR) is 80.1 cm³/mol. The van der Waals surface area contributed by atoms with Gasteiger partial charge in [0.15, 0.2) is 0 Å². The minimum absolute atomic E-state index is 0.00472. The summed E-state index contributed by atoms with van der Waals surface area (Å²) in [6.45, 7) is 4.21. The molecule has 19 heavy (non-hydrogen) atoms. The van der Waals surface area contributed by atoms with Crippen LogP contribution in [0.2, 0.25) is 5.02 Å². The van der Waals surface area contributed by atoms with Gasteiger partial charge in [0.2, 0.25) is 0 Å². The fourth-order valence-electron chi connectivity index (χ4n) is 2.65. The largest absolute Gasteiger partial charge is 0.384 e. The van der Waals surface area contributed by atoms with Gasteiger partial charge < -0.3 is 10.6 Å². The highest BCUT2D eigenvalue weighted by molar-refractivity contribution is 6.36.